The van der Waals surface area contributed by atoms with Crippen molar-refractivity contribution in [2.24, 2.45) is 5.10 Å². The van der Waals surface area contributed by atoms with Gasteiger partial charge in [-0.3, -0.25) is 4.79 Å². The van der Waals surface area contributed by atoms with E-state index in [2.05, 4.69) is 43.1 Å². The highest BCUT2D eigenvalue weighted by molar-refractivity contribution is 5.95. The van der Waals surface area contributed by atoms with Crippen molar-refractivity contribution >= 4 is 17.8 Å². The number of fused-ring (bicyclic) bond motifs is 1. The van der Waals surface area contributed by atoms with Gasteiger partial charge >= 0.3 is 0 Å². The maximum atomic E-state index is 14.8. The molecule has 0 bridgehead atoms. The van der Waals surface area contributed by atoms with E-state index in [1.165, 1.54) is 13.3 Å². The van der Waals surface area contributed by atoms with Crippen LogP contribution in [0.1, 0.15) is 61.5 Å². The van der Waals surface area contributed by atoms with Gasteiger partial charge in [-0.1, -0.05) is 13.0 Å². The summed E-state index contributed by atoms with van der Waals surface area (Å²) in [5.74, 6) is 0.152. The van der Waals surface area contributed by atoms with E-state index >= 15 is 0 Å². The SMILES string of the molecule is CCN1c2cc(F)c(/C=N\NC(=O)c3cccc(OC)c3)cc2C(C)CC1(C)C. The Morgan fingerprint density at radius 2 is 2.14 bits per heavy atom. The molecule has 0 radical (unpaired) electrons. The van der Waals surface area contributed by atoms with E-state index in [1.807, 2.05) is 6.07 Å². The Hall–Kier alpha value is -2.89. The molecular formula is C23H28FN3O2. The number of nitrogens with one attached hydrogen (secondary N) is 1. The lowest BCUT2D eigenvalue weighted by Crippen LogP contribution is -2.48. The van der Waals surface area contributed by atoms with Crippen LogP contribution in [0.4, 0.5) is 10.1 Å². The molecule has 0 aromatic heterocycles. The van der Waals surface area contributed by atoms with Crippen molar-refractivity contribution in [3.05, 3.63) is 58.9 Å². The van der Waals surface area contributed by atoms with Crippen molar-refractivity contribution in [3.8, 4) is 5.75 Å². The molecule has 1 unspecified atom stereocenters. The van der Waals surface area contributed by atoms with Crippen LogP contribution in [0.2, 0.25) is 0 Å². The van der Waals surface area contributed by atoms with Crippen LogP contribution in [0.15, 0.2) is 41.5 Å². The molecule has 5 nitrogen and oxygen atoms in total. The van der Waals surface area contributed by atoms with Crippen LogP contribution in [0.25, 0.3) is 0 Å². The summed E-state index contributed by atoms with van der Waals surface area (Å²) < 4.78 is 19.9. The van der Waals surface area contributed by atoms with Gasteiger partial charge < -0.3 is 9.64 Å². The zero-order valence-electron chi connectivity index (χ0n) is 17.6. The minimum atomic E-state index is -0.384. The summed E-state index contributed by atoms with van der Waals surface area (Å²) in [6, 6.07) is 10.2. The molecule has 0 fully saturated rings. The average molecular weight is 397 g/mol. The summed E-state index contributed by atoms with van der Waals surface area (Å²) in [6.45, 7) is 9.45. The lowest BCUT2D eigenvalue weighted by atomic mass is 9.79. The molecule has 29 heavy (non-hydrogen) atoms. The predicted molar refractivity (Wildman–Crippen MR) is 115 cm³/mol. The van der Waals surface area contributed by atoms with Crippen LogP contribution < -0.4 is 15.1 Å². The third kappa shape index (κ3) is 4.26. The number of benzene rings is 2. The first-order valence-electron chi connectivity index (χ1n) is 9.85. The molecule has 0 aliphatic carbocycles. The number of methoxy groups -OCH3 is 1. The number of anilines is 1. The Morgan fingerprint density at radius 1 is 1.38 bits per heavy atom. The number of rotatable bonds is 5. The van der Waals surface area contributed by atoms with E-state index in [0.717, 1.165) is 24.2 Å². The molecule has 1 atom stereocenters. The molecule has 1 heterocycles. The van der Waals surface area contributed by atoms with Gasteiger partial charge in [0.05, 0.1) is 13.3 Å². The number of amides is 1. The quantitative estimate of drug-likeness (QED) is 0.587. The van der Waals surface area contributed by atoms with E-state index in [0.29, 0.717) is 22.8 Å². The second kappa shape index (κ2) is 8.23. The summed E-state index contributed by atoms with van der Waals surface area (Å²) in [6.07, 6.45) is 2.35. The lowest BCUT2D eigenvalue weighted by molar-refractivity contribution is 0.0954. The van der Waals surface area contributed by atoms with Gasteiger partial charge in [-0.25, -0.2) is 9.82 Å². The first kappa shape index (κ1) is 20.8. The van der Waals surface area contributed by atoms with E-state index in [9.17, 15) is 9.18 Å². The van der Waals surface area contributed by atoms with Crippen LogP contribution in [0.5, 0.6) is 5.75 Å². The molecule has 3 rings (SSSR count). The fourth-order valence-electron chi connectivity index (χ4n) is 4.21. The second-order valence-electron chi connectivity index (χ2n) is 8.03. The maximum absolute atomic E-state index is 14.8. The number of nitrogens with zero attached hydrogens (tertiary/aromatic N) is 2. The highest BCUT2D eigenvalue weighted by Crippen LogP contribution is 2.43. The number of carbonyl (C=O) groups excluding carboxylic acids is 1. The minimum Gasteiger partial charge on any atom is -0.497 e. The maximum Gasteiger partial charge on any atom is 0.271 e. The van der Waals surface area contributed by atoms with E-state index in [1.54, 1.807) is 30.3 Å². The van der Waals surface area contributed by atoms with Gasteiger partial charge in [0.25, 0.3) is 5.91 Å². The van der Waals surface area contributed by atoms with Gasteiger partial charge in [0.1, 0.15) is 11.6 Å². The smallest absolute Gasteiger partial charge is 0.271 e. The number of carbonyl (C=O) groups is 1. The van der Waals surface area contributed by atoms with Gasteiger partial charge in [0.2, 0.25) is 0 Å². The lowest BCUT2D eigenvalue weighted by Gasteiger charge is -2.47. The van der Waals surface area contributed by atoms with Gasteiger partial charge in [-0.15, -0.1) is 0 Å². The van der Waals surface area contributed by atoms with Crippen molar-refractivity contribution < 1.29 is 13.9 Å². The monoisotopic (exact) mass is 397 g/mol. The predicted octanol–water partition coefficient (Wildman–Crippen LogP) is 4.71. The van der Waals surface area contributed by atoms with Gasteiger partial charge in [0, 0.05) is 28.9 Å². The van der Waals surface area contributed by atoms with Crippen LogP contribution in [-0.4, -0.2) is 31.3 Å². The molecule has 6 heteroatoms. The largest absolute Gasteiger partial charge is 0.497 e. The third-order valence-corrected chi connectivity index (χ3v) is 5.52. The number of hydrazone groups is 1. The normalized spacial score (nSPS) is 17.9. The van der Waals surface area contributed by atoms with Crippen molar-refractivity contribution in [2.75, 3.05) is 18.6 Å². The summed E-state index contributed by atoms with van der Waals surface area (Å²) in [4.78, 5) is 14.5. The molecule has 154 valence electrons. The van der Waals surface area contributed by atoms with E-state index in [4.69, 9.17) is 4.74 Å². The number of hydrogen-bond donors (Lipinski definition) is 1. The molecule has 1 amide bonds. The van der Waals surface area contributed by atoms with Crippen molar-refractivity contribution in [3.63, 3.8) is 0 Å². The molecule has 0 saturated heterocycles. The molecule has 2 aromatic carbocycles. The first-order valence-corrected chi connectivity index (χ1v) is 9.85. The topological polar surface area (TPSA) is 53.9 Å². The van der Waals surface area contributed by atoms with Crippen molar-refractivity contribution in [1.29, 1.82) is 0 Å². The van der Waals surface area contributed by atoms with Crippen molar-refractivity contribution in [2.45, 2.75) is 45.6 Å². The molecule has 1 aliphatic rings. The molecule has 0 saturated carbocycles. The van der Waals surface area contributed by atoms with Crippen LogP contribution in [0.3, 0.4) is 0 Å². The van der Waals surface area contributed by atoms with E-state index < -0.39 is 0 Å². The Bertz CT molecular complexity index is 940. The summed E-state index contributed by atoms with van der Waals surface area (Å²) in [7, 11) is 1.54. The fourth-order valence-corrected chi connectivity index (χ4v) is 4.21. The average Bonchev–Trinajstić information content (AvgIpc) is 2.68. The standard InChI is InChI=1S/C23H28FN3O2/c1-6-27-21-12-20(24)17(11-19(21)15(2)13-23(27,3)4)14-25-26-22(28)16-8-7-9-18(10-16)29-5/h7-12,14-15H,6,13H2,1-5H3,(H,26,28)/b25-14-. The first-order chi connectivity index (χ1) is 13.8. The Balaban J connectivity index is 1.82. The number of halogens is 1. The molecule has 0 spiro atoms. The summed E-state index contributed by atoms with van der Waals surface area (Å²) in [5, 5.41) is 3.96. The van der Waals surface area contributed by atoms with E-state index in [-0.39, 0.29) is 17.3 Å². The zero-order chi connectivity index (χ0) is 21.2. The number of hydrogen-bond acceptors (Lipinski definition) is 4. The highest BCUT2D eigenvalue weighted by Gasteiger charge is 2.36. The van der Waals surface area contributed by atoms with Gasteiger partial charge in [0.15, 0.2) is 0 Å². The Labute approximate surface area is 171 Å². The number of ether oxygens (including phenoxy) is 1. The summed E-state index contributed by atoms with van der Waals surface area (Å²) in [5.41, 5.74) is 5.25. The van der Waals surface area contributed by atoms with Crippen LogP contribution >= 0.6 is 0 Å². The van der Waals surface area contributed by atoms with Gasteiger partial charge in [-0.2, -0.15) is 5.10 Å². The fraction of sp³-hybridized carbons (Fsp3) is 0.391. The molecule has 2 aromatic rings. The van der Waals surface area contributed by atoms with Crippen molar-refractivity contribution in [1.82, 2.24) is 5.43 Å². The highest BCUT2D eigenvalue weighted by atomic mass is 19.1. The van der Waals surface area contributed by atoms with Crippen LogP contribution in [0, 0.1) is 5.82 Å². The molecular weight excluding hydrogens is 369 g/mol. The van der Waals surface area contributed by atoms with Gasteiger partial charge in [-0.05, 0) is 69.0 Å². The zero-order valence-corrected chi connectivity index (χ0v) is 17.6. The molecule has 1 N–H and O–H groups in total. The summed E-state index contributed by atoms with van der Waals surface area (Å²) >= 11 is 0. The second-order valence-corrected chi connectivity index (χ2v) is 8.03. The Morgan fingerprint density at radius 3 is 2.83 bits per heavy atom. The third-order valence-electron chi connectivity index (χ3n) is 5.52. The Kier molecular flexibility index (Phi) is 5.91. The minimum absolute atomic E-state index is 0.0199. The van der Waals surface area contributed by atoms with Crippen LogP contribution in [-0.2, 0) is 0 Å². The molecule has 1 aliphatic heterocycles.